The summed E-state index contributed by atoms with van der Waals surface area (Å²) >= 11 is 0. The zero-order chi connectivity index (χ0) is 12.9. The molecule has 4 nitrogen and oxygen atoms in total. The highest BCUT2D eigenvalue weighted by Crippen LogP contribution is 2.20. The van der Waals surface area contributed by atoms with Crippen LogP contribution in [0.25, 0.3) is 0 Å². The molecule has 0 radical (unpaired) electrons. The van der Waals surface area contributed by atoms with Crippen LogP contribution in [0.4, 0.5) is 0 Å². The average Bonchev–Trinajstić information content (AvgIpc) is 2.40. The first-order valence-corrected chi connectivity index (χ1v) is 8.30. The highest BCUT2D eigenvalue weighted by Gasteiger charge is 2.20. The molecule has 0 atom stereocenters. The smallest absolute Gasteiger partial charge is 0.151 e. The monoisotopic (exact) mass is 262 g/mol. The van der Waals surface area contributed by atoms with Crippen molar-refractivity contribution in [2.45, 2.75) is 33.1 Å². The van der Waals surface area contributed by atoms with Gasteiger partial charge in [0.15, 0.2) is 9.84 Å². The molecule has 17 heavy (non-hydrogen) atoms. The zero-order valence-corrected chi connectivity index (χ0v) is 11.9. The number of nitrogens with zero attached hydrogens (tertiary/aromatic N) is 1. The topological polar surface area (TPSA) is 63.4 Å². The first-order valence-electron chi connectivity index (χ1n) is 6.47. The van der Waals surface area contributed by atoms with Crippen molar-refractivity contribution in [3.8, 4) is 0 Å². The van der Waals surface area contributed by atoms with Crippen molar-refractivity contribution in [2.24, 2.45) is 11.1 Å². The number of sulfone groups is 1. The third-order valence-electron chi connectivity index (χ3n) is 3.53. The molecular formula is C12H26N2O2S. The van der Waals surface area contributed by atoms with E-state index in [0.29, 0.717) is 24.6 Å². The van der Waals surface area contributed by atoms with Gasteiger partial charge in [-0.05, 0) is 44.3 Å². The Morgan fingerprint density at radius 2 is 1.94 bits per heavy atom. The fraction of sp³-hybridized carbons (Fsp3) is 1.00. The second-order valence-corrected chi connectivity index (χ2v) is 8.12. The molecule has 1 rings (SSSR count). The maximum atomic E-state index is 11.5. The van der Waals surface area contributed by atoms with Crippen LogP contribution in [-0.2, 0) is 9.84 Å². The standard InChI is InChI=1S/C12H26N2O2S/c1-12(2,11-13)5-3-6-14-7-4-9-17(15,16)10-8-14/h3-11,13H2,1-2H3. The summed E-state index contributed by atoms with van der Waals surface area (Å²) in [4.78, 5) is 2.27. The highest BCUT2D eigenvalue weighted by molar-refractivity contribution is 7.91. The molecule has 2 N–H and O–H groups in total. The van der Waals surface area contributed by atoms with E-state index in [4.69, 9.17) is 5.73 Å². The number of rotatable bonds is 5. The SMILES string of the molecule is CC(C)(CN)CCCN1CCCS(=O)(=O)CC1. The van der Waals surface area contributed by atoms with Crippen LogP contribution >= 0.6 is 0 Å². The lowest BCUT2D eigenvalue weighted by molar-refractivity contribution is 0.256. The van der Waals surface area contributed by atoms with Gasteiger partial charge >= 0.3 is 0 Å². The minimum atomic E-state index is -2.77. The number of nitrogens with two attached hydrogens (primary N) is 1. The Balaban J connectivity index is 2.29. The molecule has 1 aliphatic heterocycles. The Bertz CT molecular complexity index is 325. The molecule has 1 heterocycles. The van der Waals surface area contributed by atoms with E-state index in [1.54, 1.807) is 0 Å². The van der Waals surface area contributed by atoms with Gasteiger partial charge in [-0.2, -0.15) is 0 Å². The molecular weight excluding hydrogens is 236 g/mol. The van der Waals surface area contributed by atoms with E-state index in [2.05, 4.69) is 18.7 Å². The van der Waals surface area contributed by atoms with Crippen LogP contribution in [0, 0.1) is 5.41 Å². The molecule has 5 heteroatoms. The second-order valence-electron chi connectivity index (χ2n) is 5.82. The summed E-state index contributed by atoms with van der Waals surface area (Å²) in [5.41, 5.74) is 5.90. The second kappa shape index (κ2) is 6.16. The molecule has 0 saturated carbocycles. The lowest BCUT2D eigenvalue weighted by Gasteiger charge is -2.25. The number of hydrogen-bond acceptors (Lipinski definition) is 4. The average molecular weight is 262 g/mol. The van der Waals surface area contributed by atoms with E-state index >= 15 is 0 Å². The van der Waals surface area contributed by atoms with Gasteiger partial charge in [-0.25, -0.2) is 8.42 Å². The van der Waals surface area contributed by atoms with Gasteiger partial charge in [0, 0.05) is 6.54 Å². The van der Waals surface area contributed by atoms with E-state index in [1.165, 1.54) is 0 Å². The van der Waals surface area contributed by atoms with E-state index in [9.17, 15) is 8.42 Å². The van der Waals surface area contributed by atoms with Crippen LogP contribution in [0.5, 0.6) is 0 Å². The van der Waals surface area contributed by atoms with Crippen molar-refractivity contribution < 1.29 is 8.42 Å². The van der Waals surface area contributed by atoms with E-state index in [-0.39, 0.29) is 5.41 Å². The summed E-state index contributed by atoms with van der Waals surface area (Å²) in [5.74, 6) is 0.686. The van der Waals surface area contributed by atoms with Crippen molar-refractivity contribution in [1.82, 2.24) is 4.90 Å². The van der Waals surface area contributed by atoms with Crippen molar-refractivity contribution in [2.75, 3.05) is 37.7 Å². The summed E-state index contributed by atoms with van der Waals surface area (Å²) in [6.45, 7) is 7.69. The van der Waals surface area contributed by atoms with Crippen molar-refractivity contribution in [1.29, 1.82) is 0 Å². The van der Waals surface area contributed by atoms with Crippen molar-refractivity contribution >= 4 is 9.84 Å². The molecule has 0 aromatic rings. The van der Waals surface area contributed by atoms with Crippen LogP contribution in [0.2, 0.25) is 0 Å². The third kappa shape index (κ3) is 5.84. The molecule has 102 valence electrons. The zero-order valence-electron chi connectivity index (χ0n) is 11.1. The summed E-state index contributed by atoms with van der Waals surface area (Å²) in [6.07, 6.45) is 2.99. The van der Waals surface area contributed by atoms with Crippen molar-refractivity contribution in [3.63, 3.8) is 0 Å². The molecule has 0 unspecified atom stereocenters. The normalized spacial score (nSPS) is 22.3. The Morgan fingerprint density at radius 1 is 1.24 bits per heavy atom. The first kappa shape index (κ1) is 14.9. The Kier molecular flexibility index (Phi) is 5.41. The quantitative estimate of drug-likeness (QED) is 0.798. The summed E-state index contributed by atoms with van der Waals surface area (Å²) in [7, 11) is -2.77. The van der Waals surface area contributed by atoms with Gasteiger partial charge in [0.2, 0.25) is 0 Å². The minimum Gasteiger partial charge on any atom is -0.330 e. The van der Waals surface area contributed by atoms with Crippen LogP contribution in [0.3, 0.4) is 0 Å². The Hall–Kier alpha value is -0.130. The number of hydrogen-bond donors (Lipinski definition) is 1. The molecule has 1 aliphatic rings. The van der Waals surface area contributed by atoms with E-state index in [0.717, 1.165) is 32.4 Å². The van der Waals surface area contributed by atoms with Crippen molar-refractivity contribution in [3.05, 3.63) is 0 Å². The third-order valence-corrected chi connectivity index (χ3v) is 5.24. The molecule has 0 aromatic heterocycles. The maximum Gasteiger partial charge on any atom is 0.151 e. The van der Waals surface area contributed by atoms with Gasteiger partial charge in [-0.3, -0.25) is 0 Å². The van der Waals surface area contributed by atoms with Gasteiger partial charge in [0.25, 0.3) is 0 Å². The van der Waals surface area contributed by atoms with Crippen LogP contribution in [0.1, 0.15) is 33.1 Å². The van der Waals surface area contributed by atoms with Gasteiger partial charge in [0.05, 0.1) is 11.5 Å². The predicted molar refractivity (Wildman–Crippen MR) is 71.8 cm³/mol. The largest absolute Gasteiger partial charge is 0.330 e. The maximum absolute atomic E-state index is 11.5. The van der Waals surface area contributed by atoms with E-state index < -0.39 is 9.84 Å². The van der Waals surface area contributed by atoms with Gasteiger partial charge in [-0.15, -0.1) is 0 Å². The van der Waals surface area contributed by atoms with Crippen LogP contribution in [0.15, 0.2) is 0 Å². The van der Waals surface area contributed by atoms with Gasteiger partial charge < -0.3 is 10.6 Å². The predicted octanol–water partition coefficient (Wildman–Crippen LogP) is 0.872. The molecule has 0 aliphatic carbocycles. The first-order chi connectivity index (χ1) is 7.85. The molecule has 1 fully saturated rings. The molecule has 0 bridgehead atoms. The molecule has 0 spiro atoms. The lowest BCUT2D eigenvalue weighted by atomic mass is 9.88. The Labute approximate surface area is 105 Å². The van der Waals surface area contributed by atoms with Crippen LogP contribution < -0.4 is 5.73 Å². The molecule has 1 saturated heterocycles. The summed E-state index contributed by atoms with van der Waals surface area (Å²) < 4.78 is 22.9. The van der Waals surface area contributed by atoms with Gasteiger partial charge in [0.1, 0.15) is 0 Å². The van der Waals surface area contributed by atoms with Gasteiger partial charge in [-0.1, -0.05) is 13.8 Å². The fourth-order valence-corrected chi connectivity index (χ4v) is 3.41. The summed E-state index contributed by atoms with van der Waals surface area (Å²) in [6, 6.07) is 0. The fourth-order valence-electron chi connectivity index (χ4n) is 2.10. The minimum absolute atomic E-state index is 0.206. The molecule has 0 aromatic carbocycles. The Morgan fingerprint density at radius 3 is 2.59 bits per heavy atom. The van der Waals surface area contributed by atoms with E-state index in [1.807, 2.05) is 0 Å². The van der Waals surface area contributed by atoms with Crippen LogP contribution in [-0.4, -0.2) is 51.0 Å². The lowest BCUT2D eigenvalue weighted by Crippen LogP contribution is -2.30. The summed E-state index contributed by atoms with van der Waals surface area (Å²) in [5, 5.41) is 0. The molecule has 0 amide bonds. The highest BCUT2D eigenvalue weighted by atomic mass is 32.2.